The number of aromatic nitrogens is 1. The van der Waals surface area contributed by atoms with Crippen molar-refractivity contribution >= 4 is 27.3 Å². The molecule has 1 amide bonds. The predicted molar refractivity (Wildman–Crippen MR) is 80.9 cm³/mol. The van der Waals surface area contributed by atoms with Crippen LogP contribution in [0.1, 0.15) is 32.6 Å². The maximum absolute atomic E-state index is 12.3. The number of sulfone groups is 1. The van der Waals surface area contributed by atoms with Gasteiger partial charge in [-0.05, 0) is 37.8 Å². The van der Waals surface area contributed by atoms with E-state index in [0.717, 1.165) is 25.7 Å². The number of pyridine rings is 1. The molecule has 2 rings (SSSR count). The maximum Gasteiger partial charge on any atom is 0.238 e. The summed E-state index contributed by atoms with van der Waals surface area (Å²) in [5.41, 5.74) is 0. The number of nitrogens with zero attached hydrogens (tertiary/aromatic N) is 2. The summed E-state index contributed by atoms with van der Waals surface area (Å²) in [5, 5.41) is -0.166. The van der Waals surface area contributed by atoms with Crippen LogP contribution in [0.4, 0.5) is 0 Å². The summed E-state index contributed by atoms with van der Waals surface area (Å²) < 4.78 is 24.6. The molecule has 1 atom stereocenters. The van der Waals surface area contributed by atoms with Crippen LogP contribution in [-0.4, -0.2) is 42.5 Å². The molecule has 0 N–H and O–H groups in total. The molecule has 7 heteroatoms. The van der Waals surface area contributed by atoms with Crippen molar-refractivity contribution in [2.75, 3.05) is 12.3 Å². The lowest BCUT2D eigenvalue weighted by molar-refractivity contribution is -0.132. The Morgan fingerprint density at radius 2 is 2.24 bits per heavy atom. The van der Waals surface area contributed by atoms with Gasteiger partial charge in [0.25, 0.3) is 0 Å². The van der Waals surface area contributed by atoms with Crippen molar-refractivity contribution in [3.8, 4) is 0 Å². The molecular formula is C14H19ClN2O3S. The number of amides is 1. The molecule has 1 aliphatic rings. The molecule has 0 bridgehead atoms. The van der Waals surface area contributed by atoms with Gasteiger partial charge in [0.05, 0.1) is 5.02 Å². The van der Waals surface area contributed by atoms with Gasteiger partial charge in [-0.2, -0.15) is 0 Å². The Balaban J connectivity index is 2.16. The van der Waals surface area contributed by atoms with Gasteiger partial charge in [-0.25, -0.2) is 13.4 Å². The van der Waals surface area contributed by atoms with Crippen LogP contribution in [0.3, 0.4) is 0 Å². The summed E-state index contributed by atoms with van der Waals surface area (Å²) in [6.07, 6.45) is 5.15. The van der Waals surface area contributed by atoms with Crippen molar-refractivity contribution in [2.24, 2.45) is 0 Å². The number of piperidine rings is 1. The van der Waals surface area contributed by atoms with Crippen LogP contribution in [0.15, 0.2) is 23.4 Å². The highest BCUT2D eigenvalue weighted by atomic mass is 35.5. The molecule has 0 aliphatic carbocycles. The largest absolute Gasteiger partial charge is 0.339 e. The van der Waals surface area contributed by atoms with Gasteiger partial charge in [0, 0.05) is 18.8 Å². The minimum absolute atomic E-state index is 0.0518. The molecule has 1 unspecified atom stereocenters. The first-order valence-electron chi connectivity index (χ1n) is 7.08. The zero-order valence-corrected chi connectivity index (χ0v) is 13.5. The molecule has 1 aromatic heterocycles. The van der Waals surface area contributed by atoms with E-state index in [1.807, 2.05) is 6.92 Å². The highest BCUT2D eigenvalue weighted by molar-refractivity contribution is 7.92. The second kappa shape index (κ2) is 6.75. The van der Waals surface area contributed by atoms with E-state index in [1.54, 1.807) is 11.0 Å². The quantitative estimate of drug-likeness (QED) is 0.849. The van der Waals surface area contributed by atoms with Crippen LogP contribution < -0.4 is 0 Å². The Bertz CT molecular complexity index is 618. The molecule has 5 nitrogen and oxygen atoms in total. The van der Waals surface area contributed by atoms with Crippen molar-refractivity contribution in [3.05, 3.63) is 23.4 Å². The number of hydrogen-bond donors (Lipinski definition) is 0. The van der Waals surface area contributed by atoms with E-state index in [1.165, 1.54) is 12.3 Å². The number of carbonyl (C=O) groups excluding carboxylic acids is 1. The van der Waals surface area contributed by atoms with Gasteiger partial charge in [-0.15, -0.1) is 0 Å². The molecule has 21 heavy (non-hydrogen) atoms. The number of rotatable bonds is 4. The van der Waals surface area contributed by atoms with Crippen LogP contribution in [-0.2, 0) is 14.6 Å². The first-order chi connectivity index (χ1) is 9.95. The number of carbonyl (C=O) groups is 1. The summed E-state index contributed by atoms with van der Waals surface area (Å²) in [6, 6.07) is 3.16. The molecular weight excluding hydrogens is 312 g/mol. The SMILES string of the molecule is CCC1CCCCN1C(=O)CS(=O)(=O)c1ncccc1Cl. The van der Waals surface area contributed by atoms with E-state index >= 15 is 0 Å². The first kappa shape index (κ1) is 16.2. The fourth-order valence-electron chi connectivity index (χ4n) is 2.67. The average Bonchev–Trinajstić information content (AvgIpc) is 2.47. The molecule has 0 aromatic carbocycles. The molecule has 1 aromatic rings. The van der Waals surface area contributed by atoms with E-state index in [-0.39, 0.29) is 22.0 Å². The number of likely N-dealkylation sites (tertiary alicyclic amines) is 1. The second-order valence-corrected chi connectivity index (χ2v) is 7.51. The molecule has 1 aliphatic heterocycles. The van der Waals surface area contributed by atoms with Crippen LogP contribution in [0.5, 0.6) is 0 Å². The van der Waals surface area contributed by atoms with Gasteiger partial charge < -0.3 is 4.90 Å². The van der Waals surface area contributed by atoms with Gasteiger partial charge in [0.2, 0.25) is 15.7 Å². The Morgan fingerprint density at radius 1 is 1.48 bits per heavy atom. The monoisotopic (exact) mass is 330 g/mol. The zero-order chi connectivity index (χ0) is 15.5. The third-order valence-electron chi connectivity index (χ3n) is 3.75. The Hall–Kier alpha value is -1.14. The fourth-order valence-corrected chi connectivity index (χ4v) is 4.36. The van der Waals surface area contributed by atoms with E-state index in [4.69, 9.17) is 11.6 Å². The van der Waals surface area contributed by atoms with Gasteiger partial charge in [-0.1, -0.05) is 18.5 Å². The summed E-state index contributed by atoms with van der Waals surface area (Å²) in [5.74, 6) is -0.927. The Morgan fingerprint density at radius 3 is 2.90 bits per heavy atom. The topological polar surface area (TPSA) is 67.3 Å². The maximum atomic E-state index is 12.3. The van der Waals surface area contributed by atoms with E-state index in [9.17, 15) is 13.2 Å². The third kappa shape index (κ3) is 3.74. The van der Waals surface area contributed by atoms with Crippen molar-refractivity contribution in [2.45, 2.75) is 43.7 Å². The standard InChI is InChI=1S/C14H19ClN2O3S/c1-2-11-6-3-4-9-17(11)13(18)10-21(19,20)14-12(15)7-5-8-16-14/h5,7-8,11H,2-4,6,9-10H2,1H3. The third-order valence-corrected chi connectivity index (χ3v) is 5.71. The highest BCUT2D eigenvalue weighted by Crippen LogP contribution is 2.23. The Kier molecular flexibility index (Phi) is 5.22. The Labute approximate surface area is 130 Å². The molecule has 0 radical (unpaired) electrons. The molecule has 1 fully saturated rings. The van der Waals surface area contributed by atoms with E-state index < -0.39 is 15.6 Å². The minimum Gasteiger partial charge on any atom is -0.339 e. The van der Waals surface area contributed by atoms with Crippen molar-refractivity contribution in [3.63, 3.8) is 0 Å². The predicted octanol–water partition coefficient (Wildman–Crippen LogP) is 2.30. The van der Waals surface area contributed by atoms with Gasteiger partial charge in [-0.3, -0.25) is 4.79 Å². The lowest BCUT2D eigenvalue weighted by atomic mass is 10.0. The van der Waals surface area contributed by atoms with Crippen LogP contribution in [0.2, 0.25) is 5.02 Å². The minimum atomic E-state index is -3.81. The van der Waals surface area contributed by atoms with Crippen molar-refractivity contribution in [1.82, 2.24) is 9.88 Å². The normalized spacial score (nSPS) is 19.5. The molecule has 0 saturated carbocycles. The van der Waals surface area contributed by atoms with Gasteiger partial charge in [0.15, 0.2) is 5.03 Å². The first-order valence-corrected chi connectivity index (χ1v) is 9.11. The van der Waals surface area contributed by atoms with E-state index in [0.29, 0.717) is 6.54 Å². The van der Waals surface area contributed by atoms with Crippen molar-refractivity contribution in [1.29, 1.82) is 0 Å². The van der Waals surface area contributed by atoms with Crippen LogP contribution in [0, 0.1) is 0 Å². The lowest BCUT2D eigenvalue weighted by Gasteiger charge is -2.35. The second-order valence-electron chi connectivity index (χ2n) is 5.19. The molecule has 116 valence electrons. The zero-order valence-electron chi connectivity index (χ0n) is 12.0. The summed E-state index contributed by atoms with van der Waals surface area (Å²) >= 11 is 5.87. The summed E-state index contributed by atoms with van der Waals surface area (Å²) in [4.78, 5) is 17.8. The smallest absolute Gasteiger partial charge is 0.238 e. The molecule has 2 heterocycles. The lowest BCUT2D eigenvalue weighted by Crippen LogP contribution is -2.45. The summed E-state index contributed by atoms with van der Waals surface area (Å²) in [7, 11) is -3.81. The number of halogens is 1. The summed E-state index contributed by atoms with van der Waals surface area (Å²) in [6.45, 7) is 2.64. The highest BCUT2D eigenvalue weighted by Gasteiger charge is 2.30. The van der Waals surface area contributed by atoms with E-state index in [2.05, 4.69) is 4.98 Å². The molecule has 1 saturated heterocycles. The molecule has 0 spiro atoms. The van der Waals surface area contributed by atoms with Gasteiger partial charge >= 0.3 is 0 Å². The fraction of sp³-hybridized carbons (Fsp3) is 0.571. The van der Waals surface area contributed by atoms with Crippen LogP contribution in [0.25, 0.3) is 0 Å². The number of hydrogen-bond acceptors (Lipinski definition) is 4. The van der Waals surface area contributed by atoms with Crippen molar-refractivity contribution < 1.29 is 13.2 Å². The van der Waals surface area contributed by atoms with Gasteiger partial charge in [0.1, 0.15) is 5.75 Å². The van der Waals surface area contributed by atoms with Crippen LogP contribution >= 0.6 is 11.6 Å². The average molecular weight is 331 g/mol.